The fourth-order valence-electron chi connectivity index (χ4n) is 7.33. The quantitative estimate of drug-likeness (QED) is 0.151. The van der Waals surface area contributed by atoms with Gasteiger partial charge in [-0.3, -0.25) is 4.79 Å². The number of ether oxygens (including phenoxy) is 1. The van der Waals surface area contributed by atoms with Crippen LogP contribution in [0.25, 0.3) is 0 Å². The van der Waals surface area contributed by atoms with Gasteiger partial charge in [-0.15, -0.1) is 0 Å². The molecule has 3 rings (SSSR count). The second-order valence-electron chi connectivity index (χ2n) is 12.2. The van der Waals surface area contributed by atoms with Gasteiger partial charge in [0.25, 0.3) is 0 Å². The van der Waals surface area contributed by atoms with E-state index in [1.165, 1.54) is 5.57 Å². The first-order valence-electron chi connectivity index (χ1n) is 15.3. The Morgan fingerprint density at radius 1 is 1.32 bits per heavy atom. The first-order chi connectivity index (χ1) is 19.6. The van der Waals surface area contributed by atoms with E-state index in [1.54, 1.807) is 0 Å². The van der Waals surface area contributed by atoms with E-state index in [0.29, 0.717) is 63.7 Å². The molecule has 6 unspecified atom stereocenters. The Morgan fingerprint density at radius 3 is 2.80 bits per heavy atom. The summed E-state index contributed by atoms with van der Waals surface area (Å²) in [6, 6.07) is 0.119. The Morgan fingerprint density at radius 2 is 2.10 bits per heavy atom. The Kier molecular flexibility index (Phi) is 12.4. The maximum Gasteiger partial charge on any atom is 0.145 e. The molecule has 6 heteroatoms. The predicted octanol–water partition coefficient (Wildman–Crippen LogP) is 4.97. The van der Waals surface area contributed by atoms with Gasteiger partial charge in [0.05, 0.1) is 18.3 Å². The van der Waals surface area contributed by atoms with Gasteiger partial charge in [-0.25, -0.2) is 0 Å². The van der Waals surface area contributed by atoms with Crippen LogP contribution in [-0.2, 0) is 9.53 Å². The zero-order valence-corrected chi connectivity index (χ0v) is 25.5. The molecule has 0 amide bonds. The van der Waals surface area contributed by atoms with E-state index < -0.39 is 17.1 Å². The molecule has 1 aliphatic heterocycles. The standard InChI is InChI=1S/C35H51NO5/c1-6-36-32-16-15-25(2)11-7-8-22-41-24-28(13-9-12-26(32)3)30-18-20-35(33(30)39)31(14-10-21-37)29(27(4)23-38)17-19-34(35,5)40/h9,12-13,15,23,30-33,36-37,39-40H,3,6,10-11,14,16-22,24H2,1-2,4-5H3. The summed E-state index contributed by atoms with van der Waals surface area (Å²) in [6.07, 6.45) is 13.4. The summed E-state index contributed by atoms with van der Waals surface area (Å²) < 4.78 is 6.01. The number of aldehydes is 1. The van der Waals surface area contributed by atoms with Gasteiger partial charge in [-0.2, -0.15) is 0 Å². The van der Waals surface area contributed by atoms with Crippen molar-refractivity contribution < 1.29 is 24.9 Å². The van der Waals surface area contributed by atoms with Crippen molar-refractivity contribution in [1.29, 1.82) is 0 Å². The van der Waals surface area contributed by atoms with E-state index in [9.17, 15) is 20.1 Å². The van der Waals surface area contributed by atoms with Gasteiger partial charge < -0.3 is 25.4 Å². The molecule has 2 saturated carbocycles. The highest BCUT2D eigenvalue weighted by molar-refractivity contribution is 5.74. The normalized spacial score (nSPS) is 34.7. The van der Waals surface area contributed by atoms with E-state index in [1.807, 2.05) is 32.1 Å². The number of rotatable bonds is 7. The van der Waals surface area contributed by atoms with Gasteiger partial charge in [0.2, 0.25) is 0 Å². The van der Waals surface area contributed by atoms with Crippen molar-refractivity contribution in [3.63, 3.8) is 0 Å². The van der Waals surface area contributed by atoms with Crippen LogP contribution in [0.1, 0.15) is 79.1 Å². The average molecular weight is 566 g/mol. The van der Waals surface area contributed by atoms with Crippen LogP contribution in [0.5, 0.6) is 0 Å². The summed E-state index contributed by atoms with van der Waals surface area (Å²) in [6.45, 7) is 13.7. The van der Waals surface area contributed by atoms with E-state index in [0.717, 1.165) is 36.0 Å². The predicted molar refractivity (Wildman–Crippen MR) is 165 cm³/mol. The number of hydrogen-bond acceptors (Lipinski definition) is 6. The van der Waals surface area contributed by atoms with Crippen molar-refractivity contribution in [3.05, 3.63) is 58.7 Å². The SMILES string of the molecule is C=C1C=CC=C(C2CCC3(C(CCCO)C(=C(C)C=O)CCC3(C)O)C2O)COCC#CCC(C)=CCC1NCC. The first-order valence-corrected chi connectivity index (χ1v) is 15.3. The minimum Gasteiger partial charge on any atom is -0.396 e. The number of allylic oxidation sites excluding steroid dienone is 5. The Labute approximate surface area is 247 Å². The fourth-order valence-corrected chi connectivity index (χ4v) is 7.33. The molecule has 6 nitrogen and oxygen atoms in total. The molecule has 2 fully saturated rings. The van der Waals surface area contributed by atoms with Crippen LogP contribution in [0.4, 0.5) is 0 Å². The number of aliphatic hydroxyl groups excluding tert-OH is 2. The van der Waals surface area contributed by atoms with Gasteiger partial charge in [0.1, 0.15) is 12.9 Å². The van der Waals surface area contributed by atoms with E-state index in [4.69, 9.17) is 4.74 Å². The van der Waals surface area contributed by atoms with Crippen molar-refractivity contribution in [2.24, 2.45) is 17.3 Å². The molecule has 0 radical (unpaired) electrons. The van der Waals surface area contributed by atoms with Gasteiger partial charge in [0, 0.05) is 30.4 Å². The summed E-state index contributed by atoms with van der Waals surface area (Å²) in [5, 5.41) is 37.3. The lowest BCUT2D eigenvalue weighted by Gasteiger charge is -2.55. The third kappa shape index (κ3) is 7.58. The molecule has 6 atom stereocenters. The van der Waals surface area contributed by atoms with Crippen LogP contribution in [0.3, 0.4) is 0 Å². The van der Waals surface area contributed by atoms with Crippen LogP contribution < -0.4 is 5.32 Å². The highest BCUT2D eigenvalue weighted by Crippen LogP contribution is 2.62. The maximum absolute atomic E-state index is 12.2. The molecule has 41 heavy (non-hydrogen) atoms. The lowest BCUT2D eigenvalue weighted by Crippen LogP contribution is -2.59. The smallest absolute Gasteiger partial charge is 0.145 e. The molecule has 3 aliphatic rings. The zero-order chi connectivity index (χ0) is 30.0. The number of carbonyl (C=O) groups excluding carboxylic acids is 1. The molecule has 226 valence electrons. The number of carbonyl (C=O) groups is 1. The number of likely N-dealkylation sites (N-methyl/N-ethyl adjacent to an activating group) is 1. The number of aliphatic hydroxyl groups is 3. The largest absolute Gasteiger partial charge is 0.396 e. The molecular formula is C35H51NO5. The first kappa shape index (κ1) is 33.2. The molecule has 0 saturated heterocycles. The van der Waals surface area contributed by atoms with Crippen molar-refractivity contribution >= 4 is 6.29 Å². The monoisotopic (exact) mass is 565 g/mol. The Bertz CT molecular complexity index is 1120. The van der Waals surface area contributed by atoms with E-state index >= 15 is 0 Å². The van der Waals surface area contributed by atoms with Crippen LogP contribution >= 0.6 is 0 Å². The lowest BCUT2D eigenvalue weighted by molar-refractivity contribution is -0.167. The van der Waals surface area contributed by atoms with Crippen LogP contribution in [-0.4, -0.2) is 65.7 Å². The molecule has 4 N–H and O–H groups in total. The minimum atomic E-state index is -1.12. The van der Waals surface area contributed by atoms with Gasteiger partial charge in [-0.05, 0) is 94.9 Å². The summed E-state index contributed by atoms with van der Waals surface area (Å²) in [5.74, 6) is 5.91. The second kappa shape index (κ2) is 15.3. The summed E-state index contributed by atoms with van der Waals surface area (Å²) in [5.41, 5.74) is 2.91. The van der Waals surface area contributed by atoms with Gasteiger partial charge >= 0.3 is 0 Å². The molecule has 0 bridgehead atoms. The summed E-state index contributed by atoms with van der Waals surface area (Å²) in [7, 11) is 0. The lowest BCUT2D eigenvalue weighted by atomic mass is 9.52. The summed E-state index contributed by atoms with van der Waals surface area (Å²) >= 11 is 0. The second-order valence-corrected chi connectivity index (χ2v) is 12.2. The highest BCUT2D eigenvalue weighted by atomic mass is 16.5. The van der Waals surface area contributed by atoms with Crippen molar-refractivity contribution in [2.45, 2.75) is 96.8 Å². The Balaban J connectivity index is 1.99. The van der Waals surface area contributed by atoms with Crippen LogP contribution in [0.2, 0.25) is 0 Å². The molecule has 1 heterocycles. The topological polar surface area (TPSA) is 99.0 Å². The van der Waals surface area contributed by atoms with Crippen molar-refractivity contribution in [2.75, 3.05) is 26.4 Å². The minimum absolute atomic E-state index is 0.0271. The maximum atomic E-state index is 12.2. The highest BCUT2D eigenvalue weighted by Gasteiger charge is 2.63. The van der Waals surface area contributed by atoms with Gasteiger partial charge in [-0.1, -0.05) is 60.8 Å². The number of hydrogen-bond donors (Lipinski definition) is 4. The third-order valence-corrected chi connectivity index (χ3v) is 9.67. The molecule has 1 spiro atoms. The summed E-state index contributed by atoms with van der Waals surface area (Å²) in [4.78, 5) is 11.8. The Hall–Kier alpha value is -2.27. The van der Waals surface area contributed by atoms with Crippen molar-refractivity contribution in [1.82, 2.24) is 5.32 Å². The average Bonchev–Trinajstić information content (AvgIpc) is 3.29. The fraction of sp³-hybridized carbons (Fsp3) is 0.629. The molecule has 0 aromatic carbocycles. The van der Waals surface area contributed by atoms with Crippen molar-refractivity contribution in [3.8, 4) is 11.8 Å². The molecule has 0 aromatic heterocycles. The van der Waals surface area contributed by atoms with E-state index in [-0.39, 0.29) is 24.5 Å². The molecule has 0 aromatic rings. The zero-order valence-electron chi connectivity index (χ0n) is 25.5. The van der Waals surface area contributed by atoms with Crippen LogP contribution in [0, 0.1) is 29.1 Å². The molecule has 2 aliphatic carbocycles. The third-order valence-electron chi connectivity index (χ3n) is 9.67. The number of nitrogens with one attached hydrogen (secondary N) is 1. The molecular weight excluding hydrogens is 514 g/mol. The van der Waals surface area contributed by atoms with Crippen LogP contribution in [0.15, 0.2) is 58.7 Å². The van der Waals surface area contributed by atoms with E-state index in [2.05, 4.69) is 43.7 Å². The van der Waals surface area contributed by atoms with Gasteiger partial charge in [0.15, 0.2) is 0 Å².